The molecule has 2 aromatic heterocycles. The SMILES string of the molecule is COc1nc(N2CCNCC2)ccc1-c1cc2c(C(=O)OC(C)(C)C)c[nH]c2cc1Cl. The number of anilines is 1. The molecule has 0 saturated carbocycles. The van der Waals surface area contributed by atoms with Gasteiger partial charge in [0, 0.05) is 54.4 Å². The summed E-state index contributed by atoms with van der Waals surface area (Å²) in [5.74, 6) is 0.980. The van der Waals surface area contributed by atoms with Crippen molar-refractivity contribution in [2.75, 3.05) is 38.2 Å². The number of aromatic amines is 1. The number of ether oxygens (including phenoxy) is 2. The summed E-state index contributed by atoms with van der Waals surface area (Å²) in [6.07, 6.45) is 1.65. The Labute approximate surface area is 186 Å². The monoisotopic (exact) mass is 442 g/mol. The van der Waals surface area contributed by atoms with Gasteiger partial charge in [-0.1, -0.05) is 11.6 Å². The number of halogens is 1. The van der Waals surface area contributed by atoms with Gasteiger partial charge in [0.05, 0.1) is 17.7 Å². The molecule has 31 heavy (non-hydrogen) atoms. The van der Waals surface area contributed by atoms with Gasteiger partial charge < -0.3 is 24.7 Å². The van der Waals surface area contributed by atoms with Crippen LogP contribution in [0.5, 0.6) is 5.88 Å². The highest BCUT2D eigenvalue weighted by atomic mass is 35.5. The number of piperazine rings is 1. The first-order chi connectivity index (χ1) is 14.8. The predicted molar refractivity (Wildman–Crippen MR) is 123 cm³/mol. The second kappa shape index (κ2) is 8.40. The zero-order valence-electron chi connectivity index (χ0n) is 18.2. The average molecular weight is 443 g/mol. The van der Waals surface area contributed by atoms with Crippen LogP contribution in [-0.4, -0.2) is 54.8 Å². The van der Waals surface area contributed by atoms with E-state index in [2.05, 4.69) is 15.2 Å². The maximum Gasteiger partial charge on any atom is 0.340 e. The molecule has 8 heteroatoms. The van der Waals surface area contributed by atoms with Gasteiger partial charge in [0.2, 0.25) is 5.88 Å². The Kier molecular flexibility index (Phi) is 5.81. The number of nitrogens with zero attached hydrogens (tertiary/aromatic N) is 2. The number of carbonyl (C=O) groups is 1. The summed E-state index contributed by atoms with van der Waals surface area (Å²) >= 11 is 6.61. The normalized spacial score (nSPS) is 14.7. The fraction of sp³-hybridized carbons (Fsp3) is 0.391. The summed E-state index contributed by atoms with van der Waals surface area (Å²) in [6.45, 7) is 9.18. The van der Waals surface area contributed by atoms with Crippen molar-refractivity contribution >= 4 is 34.3 Å². The maximum absolute atomic E-state index is 12.7. The van der Waals surface area contributed by atoms with Gasteiger partial charge >= 0.3 is 5.97 Å². The zero-order chi connectivity index (χ0) is 22.2. The average Bonchev–Trinajstić information content (AvgIpc) is 3.15. The number of carbonyl (C=O) groups excluding carboxylic acids is 1. The maximum atomic E-state index is 12.7. The Balaban J connectivity index is 1.75. The van der Waals surface area contributed by atoms with E-state index in [0.29, 0.717) is 16.5 Å². The quantitative estimate of drug-likeness (QED) is 0.588. The smallest absolute Gasteiger partial charge is 0.340 e. The van der Waals surface area contributed by atoms with E-state index >= 15 is 0 Å². The molecule has 7 nitrogen and oxygen atoms in total. The molecule has 1 aliphatic heterocycles. The lowest BCUT2D eigenvalue weighted by atomic mass is 10.0. The van der Waals surface area contributed by atoms with Crippen LogP contribution in [0.3, 0.4) is 0 Å². The first kappa shape index (κ1) is 21.5. The minimum atomic E-state index is -0.580. The lowest BCUT2D eigenvalue weighted by Crippen LogP contribution is -2.43. The van der Waals surface area contributed by atoms with Crippen LogP contribution in [0.25, 0.3) is 22.0 Å². The van der Waals surface area contributed by atoms with Crippen molar-refractivity contribution in [3.63, 3.8) is 0 Å². The van der Waals surface area contributed by atoms with Crippen molar-refractivity contribution in [2.45, 2.75) is 26.4 Å². The molecule has 1 fully saturated rings. The molecular weight excluding hydrogens is 416 g/mol. The Morgan fingerprint density at radius 1 is 1.16 bits per heavy atom. The van der Waals surface area contributed by atoms with Gasteiger partial charge in [0.25, 0.3) is 0 Å². The van der Waals surface area contributed by atoms with Gasteiger partial charge in [-0.2, -0.15) is 4.98 Å². The Bertz CT molecular complexity index is 1110. The van der Waals surface area contributed by atoms with Crippen LogP contribution in [0.4, 0.5) is 5.82 Å². The lowest BCUT2D eigenvalue weighted by molar-refractivity contribution is 0.00719. The Morgan fingerprint density at radius 2 is 1.90 bits per heavy atom. The van der Waals surface area contributed by atoms with Gasteiger partial charge in [-0.15, -0.1) is 0 Å². The number of hydrogen-bond acceptors (Lipinski definition) is 6. The van der Waals surface area contributed by atoms with E-state index in [0.717, 1.165) is 54.0 Å². The second-order valence-corrected chi connectivity index (χ2v) is 8.95. The lowest BCUT2D eigenvalue weighted by Gasteiger charge is -2.28. The summed E-state index contributed by atoms with van der Waals surface area (Å²) < 4.78 is 11.2. The van der Waals surface area contributed by atoms with Crippen molar-refractivity contribution in [3.8, 4) is 17.0 Å². The molecule has 0 aliphatic carbocycles. The highest BCUT2D eigenvalue weighted by molar-refractivity contribution is 6.34. The van der Waals surface area contributed by atoms with E-state index in [1.54, 1.807) is 13.3 Å². The van der Waals surface area contributed by atoms with Crippen molar-refractivity contribution in [2.24, 2.45) is 0 Å². The van der Waals surface area contributed by atoms with E-state index in [-0.39, 0.29) is 5.97 Å². The minimum absolute atomic E-state index is 0.383. The summed E-state index contributed by atoms with van der Waals surface area (Å²) in [5.41, 5.74) is 2.16. The van der Waals surface area contributed by atoms with Crippen molar-refractivity contribution in [3.05, 3.63) is 41.0 Å². The third kappa shape index (κ3) is 4.48. The molecule has 0 atom stereocenters. The molecule has 3 heterocycles. The van der Waals surface area contributed by atoms with Crippen molar-refractivity contribution in [1.82, 2.24) is 15.3 Å². The number of methoxy groups -OCH3 is 1. The van der Waals surface area contributed by atoms with Crippen LogP contribution < -0.4 is 15.0 Å². The van der Waals surface area contributed by atoms with Crippen molar-refractivity contribution < 1.29 is 14.3 Å². The number of pyridine rings is 1. The minimum Gasteiger partial charge on any atom is -0.480 e. The van der Waals surface area contributed by atoms with E-state index in [4.69, 9.17) is 26.1 Å². The standard InChI is InChI=1S/C23H27ClN4O3/c1-23(2,3)31-22(29)17-13-26-19-12-18(24)15(11-16(17)19)14-5-6-20(27-21(14)30-4)28-9-7-25-8-10-28/h5-6,11-13,25-26H,7-10H2,1-4H3. The first-order valence-electron chi connectivity index (χ1n) is 10.3. The van der Waals surface area contributed by atoms with Crippen LogP contribution in [0.2, 0.25) is 5.02 Å². The first-order valence-corrected chi connectivity index (χ1v) is 10.7. The number of hydrogen-bond donors (Lipinski definition) is 2. The number of aromatic nitrogens is 2. The summed E-state index contributed by atoms with van der Waals surface area (Å²) in [6, 6.07) is 7.65. The predicted octanol–water partition coefficient (Wildman–Crippen LogP) is 4.26. The van der Waals surface area contributed by atoms with Gasteiger partial charge in [-0.05, 0) is 45.0 Å². The summed E-state index contributed by atoms with van der Waals surface area (Å²) in [5, 5.41) is 4.62. The molecule has 0 bridgehead atoms. The number of rotatable bonds is 4. The summed E-state index contributed by atoms with van der Waals surface area (Å²) in [7, 11) is 1.60. The largest absolute Gasteiger partial charge is 0.480 e. The molecule has 1 aromatic carbocycles. The zero-order valence-corrected chi connectivity index (χ0v) is 19.0. The van der Waals surface area contributed by atoms with E-state index < -0.39 is 5.60 Å². The number of benzene rings is 1. The topological polar surface area (TPSA) is 79.5 Å². The van der Waals surface area contributed by atoms with Crippen molar-refractivity contribution in [1.29, 1.82) is 0 Å². The molecule has 3 aromatic rings. The van der Waals surface area contributed by atoms with Gasteiger partial charge in [-0.3, -0.25) is 0 Å². The molecule has 1 saturated heterocycles. The molecule has 4 rings (SSSR count). The highest BCUT2D eigenvalue weighted by Gasteiger charge is 2.23. The number of fused-ring (bicyclic) bond motifs is 1. The highest BCUT2D eigenvalue weighted by Crippen LogP contribution is 2.38. The van der Waals surface area contributed by atoms with Crippen LogP contribution >= 0.6 is 11.6 Å². The van der Waals surface area contributed by atoms with E-state index in [1.807, 2.05) is 45.0 Å². The second-order valence-electron chi connectivity index (χ2n) is 8.55. The van der Waals surface area contributed by atoms with Crippen LogP contribution in [0, 0.1) is 0 Å². The molecule has 0 radical (unpaired) electrons. The van der Waals surface area contributed by atoms with Gasteiger partial charge in [0.1, 0.15) is 11.4 Å². The molecule has 164 valence electrons. The third-order valence-corrected chi connectivity index (χ3v) is 5.47. The molecule has 1 aliphatic rings. The fourth-order valence-corrected chi connectivity index (χ4v) is 3.98. The molecular formula is C23H27ClN4O3. The number of nitrogens with one attached hydrogen (secondary N) is 2. The Morgan fingerprint density at radius 3 is 2.58 bits per heavy atom. The Hall–Kier alpha value is -2.77. The molecule has 0 amide bonds. The van der Waals surface area contributed by atoms with Gasteiger partial charge in [0.15, 0.2) is 0 Å². The number of esters is 1. The van der Waals surface area contributed by atoms with Gasteiger partial charge in [-0.25, -0.2) is 4.79 Å². The summed E-state index contributed by atoms with van der Waals surface area (Å²) in [4.78, 5) is 22.7. The fourth-order valence-electron chi connectivity index (χ4n) is 3.71. The molecule has 0 unspecified atom stereocenters. The number of H-pyrrole nitrogens is 1. The van der Waals surface area contributed by atoms with E-state index in [9.17, 15) is 4.79 Å². The van der Waals surface area contributed by atoms with Crippen LogP contribution in [0.1, 0.15) is 31.1 Å². The third-order valence-electron chi connectivity index (χ3n) is 5.16. The van der Waals surface area contributed by atoms with E-state index in [1.165, 1.54) is 0 Å². The molecule has 0 spiro atoms. The van der Waals surface area contributed by atoms with Crippen LogP contribution in [-0.2, 0) is 4.74 Å². The van der Waals surface area contributed by atoms with Crippen LogP contribution in [0.15, 0.2) is 30.5 Å². The molecule has 2 N–H and O–H groups in total.